The molecule has 1 fully saturated rings. The molecular weight excluding hydrogens is 272 g/mol. The summed E-state index contributed by atoms with van der Waals surface area (Å²) < 4.78 is 0. The number of rotatable bonds is 4. The Balaban J connectivity index is 0.00000200. The maximum Gasteiger partial charge on any atom is 0.223 e. The van der Waals surface area contributed by atoms with Gasteiger partial charge in [0.05, 0.1) is 0 Å². The number of amides is 1. The summed E-state index contributed by atoms with van der Waals surface area (Å²) in [6.07, 6.45) is 2.80. The van der Waals surface area contributed by atoms with E-state index in [9.17, 15) is 4.79 Å². The van der Waals surface area contributed by atoms with Crippen molar-refractivity contribution in [3.63, 3.8) is 0 Å². The van der Waals surface area contributed by atoms with Gasteiger partial charge in [-0.2, -0.15) is 0 Å². The second-order valence-corrected chi connectivity index (χ2v) is 5.37. The van der Waals surface area contributed by atoms with Crippen LogP contribution < -0.4 is 5.32 Å². The van der Waals surface area contributed by atoms with Crippen LogP contribution in [-0.2, 0) is 4.79 Å². The monoisotopic (exact) mass is 296 g/mol. The van der Waals surface area contributed by atoms with Gasteiger partial charge in [-0.15, -0.1) is 12.4 Å². The zero-order valence-corrected chi connectivity index (χ0v) is 13.2. The molecule has 1 aromatic carbocycles. The average Bonchev–Trinajstić information content (AvgIpc) is 2.45. The number of halogens is 1. The van der Waals surface area contributed by atoms with Gasteiger partial charge in [0.1, 0.15) is 0 Å². The summed E-state index contributed by atoms with van der Waals surface area (Å²) in [6, 6.07) is 8.63. The van der Waals surface area contributed by atoms with Gasteiger partial charge >= 0.3 is 0 Å². The first-order chi connectivity index (χ1) is 9.22. The third-order valence-corrected chi connectivity index (χ3v) is 4.06. The highest BCUT2D eigenvalue weighted by Crippen LogP contribution is 2.30. The normalized spacial score (nSPS) is 15.8. The lowest BCUT2D eigenvalue weighted by Gasteiger charge is -2.33. The second-order valence-electron chi connectivity index (χ2n) is 5.37. The van der Waals surface area contributed by atoms with Crippen LogP contribution in [0.25, 0.3) is 0 Å². The fraction of sp³-hybridized carbons (Fsp3) is 0.562. The van der Waals surface area contributed by atoms with E-state index in [2.05, 4.69) is 36.5 Å². The Hall–Kier alpha value is -1.06. The van der Waals surface area contributed by atoms with Crippen molar-refractivity contribution in [1.29, 1.82) is 0 Å². The van der Waals surface area contributed by atoms with E-state index in [0.29, 0.717) is 12.3 Å². The summed E-state index contributed by atoms with van der Waals surface area (Å²) in [5, 5.41) is 3.03. The number of hydrogen-bond donors (Lipinski definition) is 1. The van der Waals surface area contributed by atoms with Crippen LogP contribution in [0.1, 0.15) is 36.3 Å². The van der Waals surface area contributed by atoms with Crippen molar-refractivity contribution in [2.45, 2.75) is 32.1 Å². The van der Waals surface area contributed by atoms with Crippen LogP contribution in [0.15, 0.2) is 24.3 Å². The van der Waals surface area contributed by atoms with E-state index in [4.69, 9.17) is 0 Å². The standard InChI is InChI=1S/C16H24N2O.ClH/c1-13-5-3-4-6-15(13)14-8-11-18(12-9-14)16(19)7-10-17-2;/h3-6,14,17H,7-12H2,1-2H3;1H. The number of benzene rings is 1. The van der Waals surface area contributed by atoms with E-state index in [1.807, 2.05) is 11.9 Å². The molecule has 1 N–H and O–H groups in total. The molecule has 2 rings (SSSR count). The molecule has 0 bridgehead atoms. The Labute approximate surface area is 128 Å². The lowest BCUT2D eigenvalue weighted by Crippen LogP contribution is -2.39. The molecule has 1 aliphatic rings. The molecule has 0 spiro atoms. The average molecular weight is 297 g/mol. The van der Waals surface area contributed by atoms with E-state index in [1.54, 1.807) is 0 Å². The van der Waals surface area contributed by atoms with Crippen molar-refractivity contribution in [3.05, 3.63) is 35.4 Å². The van der Waals surface area contributed by atoms with Crippen LogP contribution in [0.3, 0.4) is 0 Å². The van der Waals surface area contributed by atoms with Crippen LogP contribution in [0, 0.1) is 6.92 Å². The van der Waals surface area contributed by atoms with Crippen LogP contribution in [0.5, 0.6) is 0 Å². The van der Waals surface area contributed by atoms with Crippen LogP contribution in [-0.4, -0.2) is 37.5 Å². The van der Waals surface area contributed by atoms with Crippen LogP contribution in [0.2, 0.25) is 0 Å². The number of carbonyl (C=O) groups is 1. The molecule has 0 atom stereocenters. The Morgan fingerprint density at radius 2 is 1.95 bits per heavy atom. The van der Waals surface area contributed by atoms with E-state index in [1.165, 1.54) is 11.1 Å². The molecule has 0 aromatic heterocycles. The summed E-state index contributed by atoms with van der Waals surface area (Å²) in [7, 11) is 1.89. The highest BCUT2D eigenvalue weighted by Gasteiger charge is 2.23. The largest absolute Gasteiger partial charge is 0.343 e. The van der Waals surface area contributed by atoms with E-state index >= 15 is 0 Å². The molecule has 0 aliphatic carbocycles. The summed E-state index contributed by atoms with van der Waals surface area (Å²) in [5.74, 6) is 0.909. The van der Waals surface area contributed by atoms with Crippen molar-refractivity contribution < 1.29 is 4.79 Å². The number of piperidine rings is 1. The molecule has 1 aromatic rings. The number of aryl methyl sites for hydroxylation is 1. The van der Waals surface area contributed by atoms with E-state index in [0.717, 1.165) is 32.5 Å². The van der Waals surface area contributed by atoms with Gasteiger partial charge in [-0.25, -0.2) is 0 Å². The molecular formula is C16H25ClN2O. The fourth-order valence-electron chi connectivity index (χ4n) is 2.87. The molecule has 0 unspecified atom stereocenters. The van der Waals surface area contributed by atoms with Gasteiger partial charge in [0, 0.05) is 26.1 Å². The summed E-state index contributed by atoms with van der Waals surface area (Å²) in [6.45, 7) is 4.76. The first-order valence-corrected chi connectivity index (χ1v) is 7.20. The highest BCUT2D eigenvalue weighted by molar-refractivity contribution is 5.85. The predicted molar refractivity (Wildman–Crippen MR) is 85.5 cm³/mol. The predicted octanol–water partition coefficient (Wildman–Crippen LogP) is 2.73. The Morgan fingerprint density at radius 1 is 1.30 bits per heavy atom. The second kappa shape index (κ2) is 8.28. The zero-order valence-electron chi connectivity index (χ0n) is 12.4. The van der Waals surface area contributed by atoms with Gasteiger partial charge in [0.2, 0.25) is 5.91 Å². The van der Waals surface area contributed by atoms with Gasteiger partial charge in [-0.05, 0) is 43.9 Å². The van der Waals surface area contributed by atoms with Gasteiger partial charge in [0.15, 0.2) is 0 Å². The van der Waals surface area contributed by atoms with Crippen molar-refractivity contribution in [2.75, 3.05) is 26.7 Å². The maximum atomic E-state index is 12.0. The molecule has 1 amide bonds. The smallest absolute Gasteiger partial charge is 0.223 e. The van der Waals surface area contributed by atoms with E-state index in [-0.39, 0.29) is 18.3 Å². The molecule has 112 valence electrons. The van der Waals surface area contributed by atoms with Gasteiger partial charge in [0.25, 0.3) is 0 Å². The molecule has 1 heterocycles. The minimum atomic E-state index is 0. The van der Waals surface area contributed by atoms with Crippen molar-refractivity contribution >= 4 is 18.3 Å². The Kier molecular flexibility index (Phi) is 7.03. The third kappa shape index (κ3) is 4.22. The van der Waals surface area contributed by atoms with Crippen molar-refractivity contribution in [1.82, 2.24) is 10.2 Å². The molecule has 4 heteroatoms. The molecule has 20 heavy (non-hydrogen) atoms. The van der Waals surface area contributed by atoms with Gasteiger partial charge in [-0.3, -0.25) is 4.79 Å². The zero-order chi connectivity index (χ0) is 13.7. The Bertz CT molecular complexity index is 428. The Morgan fingerprint density at radius 3 is 2.55 bits per heavy atom. The van der Waals surface area contributed by atoms with Crippen molar-refractivity contribution in [2.24, 2.45) is 0 Å². The molecule has 1 saturated heterocycles. The first-order valence-electron chi connectivity index (χ1n) is 7.20. The molecule has 0 saturated carbocycles. The molecule has 1 aliphatic heterocycles. The third-order valence-electron chi connectivity index (χ3n) is 4.06. The number of nitrogens with zero attached hydrogens (tertiary/aromatic N) is 1. The number of likely N-dealkylation sites (tertiary alicyclic amines) is 1. The topological polar surface area (TPSA) is 32.3 Å². The lowest BCUT2D eigenvalue weighted by molar-refractivity contribution is -0.132. The van der Waals surface area contributed by atoms with Gasteiger partial charge in [-0.1, -0.05) is 24.3 Å². The summed E-state index contributed by atoms with van der Waals surface area (Å²) in [4.78, 5) is 14.0. The van der Waals surface area contributed by atoms with Gasteiger partial charge < -0.3 is 10.2 Å². The van der Waals surface area contributed by atoms with Crippen LogP contribution in [0.4, 0.5) is 0 Å². The summed E-state index contributed by atoms with van der Waals surface area (Å²) in [5.41, 5.74) is 2.84. The molecule has 3 nitrogen and oxygen atoms in total. The van der Waals surface area contributed by atoms with E-state index < -0.39 is 0 Å². The maximum absolute atomic E-state index is 12.0. The number of hydrogen-bond acceptors (Lipinski definition) is 2. The van der Waals surface area contributed by atoms with Crippen molar-refractivity contribution in [3.8, 4) is 0 Å². The SMILES string of the molecule is CNCCC(=O)N1CCC(c2ccccc2C)CC1.Cl. The lowest BCUT2D eigenvalue weighted by atomic mass is 9.87. The minimum Gasteiger partial charge on any atom is -0.343 e. The minimum absolute atomic E-state index is 0. The first kappa shape index (κ1) is 17.0. The summed E-state index contributed by atoms with van der Waals surface area (Å²) >= 11 is 0. The highest BCUT2D eigenvalue weighted by atomic mass is 35.5. The molecule has 0 radical (unpaired) electrons. The fourth-order valence-corrected chi connectivity index (χ4v) is 2.87. The quantitative estimate of drug-likeness (QED) is 0.926. The number of nitrogens with one attached hydrogen (secondary N) is 1. The number of carbonyl (C=O) groups excluding carboxylic acids is 1. The van der Waals surface area contributed by atoms with Crippen LogP contribution >= 0.6 is 12.4 Å².